The summed E-state index contributed by atoms with van der Waals surface area (Å²) in [5.74, 6) is 0.788. The Morgan fingerprint density at radius 2 is 1.89 bits per heavy atom. The van der Waals surface area contributed by atoms with Gasteiger partial charge in [0.25, 0.3) is 5.69 Å². The fourth-order valence-corrected chi connectivity index (χ4v) is 3.82. The van der Waals surface area contributed by atoms with Crippen LogP contribution in [0.15, 0.2) is 81.7 Å². The number of para-hydroxylation sites is 2. The van der Waals surface area contributed by atoms with E-state index >= 15 is 0 Å². The van der Waals surface area contributed by atoms with Gasteiger partial charge in [-0.25, -0.2) is 4.99 Å². The van der Waals surface area contributed by atoms with Crippen LogP contribution in [-0.4, -0.2) is 9.49 Å². The van der Waals surface area contributed by atoms with Gasteiger partial charge in [0.15, 0.2) is 4.80 Å². The molecule has 0 N–H and O–H groups in total. The lowest BCUT2D eigenvalue weighted by molar-refractivity contribution is -0.384. The summed E-state index contributed by atoms with van der Waals surface area (Å²) in [6.07, 6.45) is 1.63. The van der Waals surface area contributed by atoms with E-state index in [0.717, 1.165) is 17.0 Å². The van der Waals surface area contributed by atoms with Gasteiger partial charge in [0.1, 0.15) is 11.4 Å². The van der Waals surface area contributed by atoms with Gasteiger partial charge >= 0.3 is 0 Å². The summed E-state index contributed by atoms with van der Waals surface area (Å²) < 4.78 is 7.54. The lowest BCUT2D eigenvalue weighted by Crippen LogP contribution is -2.16. The smallest absolute Gasteiger partial charge is 0.294 e. The molecule has 0 amide bonds. The van der Waals surface area contributed by atoms with Gasteiger partial charge in [-0.3, -0.25) is 10.1 Å². The average Bonchev–Trinajstić information content (AvgIpc) is 3.34. The van der Waals surface area contributed by atoms with Crippen molar-refractivity contribution in [2.75, 3.05) is 0 Å². The van der Waals surface area contributed by atoms with Crippen LogP contribution in [0.2, 0.25) is 0 Å². The monoisotopic (exact) mass is 391 g/mol. The molecule has 0 saturated carbocycles. The van der Waals surface area contributed by atoms with Crippen LogP contribution in [0.1, 0.15) is 11.3 Å². The second-order valence-electron chi connectivity index (χ2n) is 6.29. The van der Waals surface area contributed by atoms with E-state index in [9.17, 15) is 10.1 Å². The van der Waals surface area contributed by atoms with E-state index in [0.29, 0.717) is 17.0 Å². The van der Waals surface area contributed by atoms with E-state index in [1.165, 1.54) is 23.0 Å². The van der Waals surface area contributed by atoms with Gasteiger partial charge in [0.05, 0.1) is 23.4 Å². The first kappa shape index (κ1) is 17.9. The molecule has 0 atom stereocenters. The van der Waals surface area contributed by atoms with Crippen LogP contribution in [0.5, 0.6) is 0 Å². The SMILES string of the molecule is Cc1ccc(-c2csc(=Nc3ccccc3[N+](=O)[O-])n2Cc2ccco2)cc1. The lowest BCUT2D eigenvalue weighted by Gasteiger charge is -2.08. The molecule has 6 nitrogen and oxygen atoms in total. The standard InChI is InChI=1S/C21H17N3O3S/c1-15-8-10-16(11-9-15)20-14-28-21(23(20)13-17-5-4-12-27-17)22-18-6-2-3-7-19(18)24(25)26/h2-12,14H,13H2,1H3. The number of aryl methyl sites for hydroxylation is 1. The van der Waals surface area contributed by atoms with Crippen LogP contribution in [-0.2, 0) is 6.54 Å². The lowest BCUT2D eigenvalue weighted by atomic mass is 10.1. The first-order valence-electron chi connectivity index (χ1n) is 8.68. The molecular formula is C21H17N3O3S. The summed E-state index contributed by atoms with van der Waals surface area (Å²) in [6, 6.07) is 18.5. The number of furan rings is 1. The van der Waals surface area contributed by atoms with Crippen molar-refractivity contribution in [1.29, 1.82) is 0 Å². The Hall–Kier alpha value is -3.45. The van der Waals surface area contributed by atoms with Gasteiger partial charge in [-0.05, 0) is 30.7 Å². The number of rotatable bonds is 5. The number of nitrogens with zero attached hydrogens (tertiary/aromatic N) is 3. The third-order valence-electron chi connectivity index (χ3n) is 4.33. The fraction of sp³-hybridized carbons (Fsp3) is 0.0952. The maximum Gasteiger partial charge on any atom is 0.294 e. The Bertz CT molecular complexity index is 1170. The maximum absolute atomic E-state index is 11.3. The molecule has 2 aromatic carbocycles. The molecule has 0 fully saturated rings. The average molecular weight is 391 g/mol. The summed E-state index contributed by atoms with van der Waals surface area (Å²) in [4.78, 5) is 16.2. The fourth-order valence-electron chi connectivity index (χ4n) is 2.90. The van der Waals surface area contributed by atoms with Crippen molar-refractivity contribution in [1.82, 2.24) is 4.57 Å². The van der Waals surface area contributed by atoms with Crippen molar-refractivity contribution in [2.45, 2.75) is 13.5 Å². The molecule has 4 aromatic rings. The highest BCUT2D eigenvalue weighted by Crippen LogP contribution is 2.27. The zero-order valence-electron chi connectivity index (χ0n) is 15.1. The number of thiazole rings is 1. The Labute approximate surface area is 165 Å². The van der Waals surface area contributed by atoms with Gasteiger partial charge in [-0.1, -0.05) is 42.0 Å². The summed E-state index contributed by atoms with van der Waals surface area (Å²) in [6.45, 7) is 2.53. The predicted molar refractivity (Wildman–Crippen MR) is 109 cm³/mol. The summed E-state index contributed by atoms with van der Waals surface area (Å²) in [7, 11) is 0. The van der Waals surface area contributed by atoms with Crippen LogP contribution >= 0.6 is 11.3 Å². The normalized spacial score (nSPS) is 11.7. The third-order valence-corrected chi connectivity index (χ3v) is 5.20. The van der Waals surface area contributed by atoms with Gasteiger partial charge < -0.3 is 8.98 Å². The van der Waals surface area contributed by atoms with Crippen molar-refractivity contribution < 1.29 is 9.34 Å². The minimum absolute atomic E-state index is 0.0164. The summed E-state index contributed by atoms with van der Waals surface area (Å²) in [5.41, 5.74) is 3.54. The number of hydrogen-bond donors (Lipinski definition) is 0. The van der Waals surface area contributed by atoms with Crippen molar-refractivity contribution in [3.63, 3.8) is 0 Å². The van der Waals surface area contributed by atoms with E-state index in [4.69, 9.17) is 4.42 Å². The van der Waals surface area contributed by atoms with Crippen molar-refractivity contribution in [2.24, 2.45) is 4.99 Å². The highest BCUT2D eigenvalue weighted by Gasteiger charge is 2.14. The topological polar surface area (TPSA) is 73.6 Å². The number of nitro groups is 1. The molecule has 7 heteroatoms. The van der Waals surface area contributed by atoms with Gasteiger partial charge in [-0.2, -0.15) is 0 Å². The Balaban J connectivity index is 1.88. The molecule has 0 aliphatic heterocycles. The zero-order valence-corrected chi connectivity index (χ0v) is 15.9. The Morgan fingerprint density at radius 1 is 1.11 bits per heavy atom. The first-order valence-corrected chi connectivity index (χ1v) is 9.56. The van der Waals surface area contributed by atoms with Crippen molar-refractivity contribution >= 4 is 22.7 Å². The summed E-state index contributed by atoms with van der Waals surface area (Å²) >= 11 is 1.44. The van der Waals surface area contributed by atoms with Crippen LogP contribution in [0, 0.1) is 17.0 Å². The molecule has 4 rings (SSSR count). The molecule has 140 valence electrons. The molecule has 0 saturated heterocycles. The van der Waals surface area contributed by atoms with Crippen LogP contribution in [0.4, 0.5) is 11.4 Å². The highest BCUT2D eigenvalue weighted by atomic mass is 32.1. The first-order chi connectivity index (χ1) is 13.6. The quantitative estimate of drug-likeness (QED) is 0.342. The van der Waals surface area contributed by atoms with E-state index in [1.807, 2.05) is 29.0 Å². The molecule has 0 bridgehead atoms. The molecule has 0 unspecified atom stereocenters. The van der Waals surface area contributed by atoms with Gasteiger partial charge in [-0.15, -0.1) is 11.3 Å². The molecule has 0 radical (unpaired) electrons. The number of hydrogen-bond acceptors (Lipinski definition) is 5. The van der Waals surface area contributed by atoms with E-state index in [1.54, 1.807) is 24.5 Å². The molecule has 2 heterocycles. The minimum Gasteiger partial charge on any atom is -0.467 e. The Kier molecular flexibility index (Phi) is 4.90. The van der Waals surface area contributed by atoms with Crippen molar-refractivity contribution in [3.05, 3.63) is 98.5 Å². The maximum atomic E-state index is 11.3. The molecule has 28 heavy (non-hydrogen) atoms. The Morgan fingerprint density at radius 3 is 2.61 bits per heavy atom. The minimum atomic E-state index is -0.413. The number of aromatic nitrogens is 1. The van der Waals surface area contributed by atoms with Crippen molar-refractivity contribution in [3.8, 4) is 11.3 Å². The highest BCUT2D eigenvalue weighted by molar-refractivity contribution is 7.07. The molecule has 2 aromatic heterocycles. The number of nitro benzene ring substituents is 1. The molecule has 0 spiro atoms. The summed E-state index contributed by atoms with van der Waals surface area (Å²) in [5, 5.41) is 13.4. The van der Waals surface area contributed by atoms with Crippen LogP contribution in [0.25, 0.3) is 11.3 Å². The second-order valence-corrected chi connectivity index (χ2v) is 7.13. The largest absolute Gasteiger partial charge is 0.467 e. The van der Waals surface area contributed by atoms with Gasteiger partial charge in [0, 0.05) is 11.4 Å². The number of benzene rings is 2. The molecular weight excluding hydrogens is 374 g/mol. The van der Waals surface area contributed by atoms with Gasteiger partial charge in [0.2, 0.25) is 0 Å². The van der Waals surface area contributed by atoms with Crippen LogP contribution < -0.4 is 4.80 Å². The molecule has 0 aliphatic carbocycles. The second kappa shape index (κ2) is 7.66. The predicted octanol–water partition coefficient (Wildman–Crippen LogP) is 5.31. The van der Waals surface area contributed by atoms with E-state index in [-0.39, 0.29) is 5.69 Å². The zero-order chi connectivity index (χ0) is 19.5. The molecule has 0 aliphatic rings. The van der Waals surface area contributed by atoms with E-state index < -0.39 is 4.92 Å². The van der Waals surface area contributed by atoms with Crippen LogP contribution in [0.3, 0.4) is 0 Å². The van der Waals surface area contributed by atoms with E-state index in [2.05, 4.69) is 29.3 Å². The third kappa shape index (κ3) is 3.65.